The Morgan fingerprint density at radius 1 is 1.15 bits per heavy atom. The predicted octanol–water partition coefficient (Wildman–Crippen LogP) is 0.994. The monoisotopic (exact) mass is 388 g/mol. The Labute approximate surface area is 156 Å². The summed E-state index contributed by atoms with van der Waals surface area (Å²) in [5.74, 6) is -0.917. The Morgan fingerprint density at radius 2 is 1.81 bits per heavy atom. The molecule has 3 heterocycles. The number of benzene rings is 1. The third kappa shape index (κ3) is 2.65. The number of nitrogens with zero attached hydrogens (tertiary/aromatic N) is 3. The summed E-state index contributed by atoms with van der Waals surface area (Å²) in [4.78, 5) is 30.7. The number of hydrogen-bond acceptors (Lipinski definition) is 6. The largest absolute Gasteiger partial charge is 0.379 e. The number of carbonyl (C=O) groups is 2. The van der Waals surface area contributed by atoms with Crippen LogP contribution >= 0.6 is 0 Å². The molecule has 1 radical (unpaired) electrons. The molecule has 2 aliphatic rings. The van der Waals surface area contributed by atoms with Gasteiger partial charge in [-0.1, -0.05) is 0 Å². The highest BCUT2D eigenvalue weighted by Gasteiger charge is 2.38. The molecule has 0 unspecified atom stereocenters. The van der Waals surface area contributed by atoms with E-state index < -0.39 is 21.8 Å². The molecule has 0 N–H and O–H groups in total. The molecule has 1 aromatic heterocycles. The van der Waals surface area contributed by atoms with Crippen LogP contribution in [0.25, 0.3) is 10.9 Å². The van der Waals surface area contributed by atoms with Crippen molar-refractivity contribution in [1.29, 1.82) is 0 Å². The summed E-state index contributed by atoms with van der Waals surface area (Å²) in [6.07, 6.45) is 0. The number of pyridine rings is 1. The topological polar surface area (TPSA) is 96.9 Å². The fourth-order valence-electron chi connectivity index (χ4n) is 3.51. The van der Waals surface area contributed by atoms with Gasteiger partial charge in [-0.15, -0.1) is 0 Å². The Hall–Kier alpha value is -2.36. The fourth-order valence-corrected chi connectivity index (χ4v) is 4.95. The highest BCUT2D eigenvalue weighted by molar-refractivity contribution is 7.89. The number of aromatic nitrogens is 1. The number of fused-ring (bicyclic) bond motifs is 3. The van der Waals surface area contributed by atoms with Gasteiger partial charge in [0.25, 0.3) is 11.8 Å². The lowest BCUT2D eigenvalue weighted by Gasteiger charge is -2.26. The summed E-state index contributed by atoms with van der Waals surface area (Å²) in [6, 6.07) is 4.48. The van der Waals surface area contributed by atoms with Crippen LogP contribution < -0.4 is 0 Å². The van der Waals surface area contributed by atoms with Crippen molar-refractivity contribution >= 4 is 32.7 Å². The number of morpholine rings is 1. The van der Waals surface area contributed by atoms with Crippen LogP contribution in [0.3, 0.4) is 0 Å². The van der Waals surface area contributed by atoms with Crippen LogP contribution in [0.2, 0.25) is 0 Å². The van der Waals surface area contributed by atoms with Crippen molar-refractivity contribution in [3.8, 4) is 0 Å². The van der Waals surface area contributed by atoms with E-state index in [9.17, 15) is 18.0 Å². The van der Waals surface area contributed by atoms with E-state index in [-0.39, 0.29) is 35.7 Å². The molecule has 0 spiro atoms. The number of imide groups is 1. The van der Waals surface area contributed by atoms with Gasteiger partial charge in [-0.3, -0.25) is 19.5 Å². The molecule has 1 fully saturated rings. The number of rotatable bonds is 3. The zero-order chi connectivity index (χ0) is 19.3. The van der Waals surface area contributed by atoms with Crippen molar-refractivity contribution in [3.63, 3.8) is 0 Å². The molecule has 0 aliphatic carbocycles. The molecule has 8 nitrogen and oxygen atoms in total. The molecule has 2 amide bonds. The summed E-state index contributed by atoms with van der Waals surface area (Å²) in [6.45, 7) is 6.52. The summed E-state index contributed by atoms with van der Waals surface area (Å²) < 4.78 is 32.5. The molecule has 1 aromatic carbocycles. The first-order valence-corrected chi connectivity index (χ1v) is 9.98. The van der Waals surface area contributed by atoms with Crippen molar-refractivity contribution in [3.05, 3.63) is 41.9 Å². The normalized spacial score (nSPS) is 18.4. The van der Waals surface area contributed by atoms with Gasteiger partial charge in [-0.05, 0) is 32.0 Å². The zero-order valence-electron chi connectivity index (χ0n) is 14.8. The predicted molar refractivity (Wildman–Crippen MR) is 96.8 cm³/mol. The van der Waals surface area contributed by atoms with Gasteiger partial charge in [0.1, 0.15) is 0 Å². The SMILES string of the molecule is [CH2]CN1C(=O)c2c(C)nc3ccc(S(=O)(=O)N4CCOCC4)cc3c2C1=O. The Bertz CT molecular complexity index is 1070. The molecule has 141 valence electrons. The van der Waals surface area contributed by atoms with Gasteiger partial charge in [0, 0.05) is 25.0 Å². The molecule has 1 saturated heterocycles. The van der Waals surface area contributed by atoms with E-state index in [1.54, 1.807) is 13.0 Å². The highest BCUT2D eigenvalue weighted by Crippen LogP contribution is 2.33. The van der Waals surface area contributed by atoms with Gasteiger partial charge in [0.15, 0.2) is 0 Å². The molecule has 27 heavy (non-hydrogen) atoms. The van der Waals surface area contributed by atoms with Crippen LogP contribution in [0.15, 0.2) is 23.1 Å². The average molecular weight is 388 g/mol. The van der Waals surface area contributed by atoms with Crippen molar-refractivity contribution in [1.82, 2.24) is 14.2 Å². The maximum absolute atomic E-state index is 12.9. The van der Waals surface area contributed by atoms with Crippen LogP contribution in [0.5, 0.6) is 0 Å². The van der Waals surface area contributed by atoms with E-state index in [0.29, 0.717) is 29.8 Å². The first kappa shape index (κ1) is 18.0. The van der Waals surface area contributed by atoms with Gasteiger partial charge in [0.05, 0.1) is 40.4 Å². The van der Waals surface area contributed by atoms with Crippen molar-refractivity contribution in [2.75, 3.05) is 32.8 Å². The number of amides is 2. The van der Waals surface area contributed by atoms with Gasteiger partial charge in [0.2, 0.25) is 10.0 Å². The number of carbonyl (C=O) groups excluding carboxylic acids is 2. The van der Waals surface area contributed by atoms with Crippen LogP contribution in [-0.4, -0.2) is 67.3 Å². The van der Waals surface area contributed by atoms with E-state index in [0.717, 1.165) is 4.90 Å². The minimum atomic E-state index is -3.73. The third-order valence-electron chi connectivity index (χ3n) is 4.89. The first-order chi connectivity index (χ1) is 12.9. The zero-order valence-corrected chi connectivity index (χ0v) is 15.6. The Morgan fingerprint density at radius 3 is 2.48 bits per heavy atom. The van der Waals surface area contributed by atoms with Crippen molar-refractivity contribution in [2.45, 2.75) is 11.8 Å². The molecule has 0 saturated carbocycles. The van der Waals surface area contributed by atoms with Crippen LogP contribution in [0.4, 0.5) is 0 Å². The Kier molecular flexibility index (Phi) is 4.25. The van der Waals surface area contributed by atoms with E-state index in [1.165, 1.54) is 16.4 Å². The molecule has 2 aliphatic heterocycles. The second-order valence-electron chi connectivity index (χ2n) is 6.40. The van der Waals surface area contributed by atoms with Gasteiger partial charge in [-0.25, -0.2) is 8.42 Å². The molecule has 9 heteroatoms. The fraction of sp³-hybridized carbons (Fsp3) is 0.333. The number of sulfonamides is 1. The number of hydrogen-bond donors (Lipinski definition) is 0. The summed E-state index contributed by atoms with van der Waals surface area (Å²) >= 11 is 0. The van der Waals surface area contributed by atoms with Crippen molar-refractivity contribution in [2.24, 2.45) is 0 Å². The Balaban J connectivity index is 1.91. The lowest BCUT2D eigenvalue weighted by Crippen LogP contribution is -2.40. The first-order valence-electron chi connectivity index (χ1n) is 8.54. The lowest BCUT2D eigenvalue weighted by atomic mass is 10.0. The van der Waals surface area contributed by atoms with E-state index >= 15 is 0 Å². The van der Waals surface area contributed by atoms with E-state index in [4.69, 9.17) is 4.74 Å². The minimum absolute atomic E-state index is 0.000945. The smallest absolute Gasteiger partial charge is 0.263 e. The maximum Gasteiger partial charge on any atom is 0.263 e. The number of ether oxygens (including phenoxy) is 1. The van der Waals surface area contributed by atoms with Crippen LogP contribution in [0, 0.1) is 13.8 Å². The molecule has 0 bridgehead atoms. The third-order valence-corrected chi connectivity index (χ3v) is 6.78. The minimum Gasteiger partial charge on any atom is -0.379 e. The maximum atomic E-state index is 12.9. The van der Waals surface area contributed by atoms with Gasteiger partial charge in [-0.2, -0.15) is 4.31 Å². The molecule has 0 atom stereocenters. The molecular weight excluding hydrogens is 370 g/mol. The second kappa shape index (κ2) is 6.36. The summed E-state index contributed by atoms with van der Waals surface area (Å²) in [7, 11) is -3.73. The molecule has 2 aromatic rings. The lowest BCUT2D eigenvalue weighted by molar-refractivity contribution is 0.0671. The summed E-state index contributed by atoms with van der Waals surface area (Å²) in [5, 5.41) is 0.360. The van der Waals surface area contributed by atoms with Crippen LogP contribution in [0.1, 0.15) is 26.4 Å². The average Bonchev–Trinajstić information content (AvgIpc) is 2.93. The van der Waals surface area contributed by atoms with Gasteiger partial charge < -0.3 is 4.74 Å². The van der Waals surface area contributed by atoms with Gasteiger partial charge >= 0.3 is 0 Å². The molecular formula is C18H18N3O5S. The van der Waals surface area contributed by atoms with E-state index in [1.807, 2.05) is 0 Å². The summed E-state index contributed by atoms with van der Waals surface area (Å²) in [5.41, 5.74) is 1.33. The van der Waals surface area contributed by atoms with Crippen LogP contribution in [-0.2, 0) is 14.8 Å². The second-order valence-corrected chi connectivity index (χ2v) is 8.34. The standard InChI is InChI=1S/C18H18N3O5S/c1-3-21-17(22)15-11(2)19-14-5-4-12(10-13(14)16(15)18(21)23)27(24,25)20-6-8-26-9-7-20/h4-5,10H,1,3,6-9H2,2H3. The number of aryl methyl sites for hydroxylation is 1. The molecule has 4 rings (SSSR count). The van der Waals surface area contributed by atoms with E-state index in [2.05, 4.69) is 11.9 Å². The van der Waals surface area contributed by atoms with Crippen molar-refractivity contribution < 1.29 is 22.7 Å². The quantitative estimate of drug-likeness (QED) is 0.728. The highest BCUT2D eigenvalue weighted by atomic mass is 32.2.